The molecule has 13 heteroatoms. The molecule has 1 aliphatic carbocycles. The van der Waals surface area contributed by atoms with Crippen LogP contribution in [0.2, 0.25) is 0 Å². The van der Waals surface area contributed by atoms with Crippen molar-refractivity contribution in [1.82, 2.24) is 23.8 Å². The number of likely N-dealkylation sites (tertiary alicyclic amines) is 1. The van der Waals surface area contributed by atoms with Crippen LogP contribution in [-0.2, 0) is 21.6 Å². The van der Waals surface area contributed by atoms with E-state index in [9.17, 15) is 23.9 Å². The van der Waals surface area contributed by atoms with Crippen LogP contribution in [0.1, 0.15) is 69.6 Å². The van der Waals surface area contributed by atoms with Crippen molar-refractivity contribution in [2.75, 3.05) is 20.2 Å². The summed E-state index contributed by atoms with van der Waals surface area (Å²) >= 11 is 1.25. The summed E-state index contributed by atoms with van der Waals surface area (Å²) in [7, 11) is 1.49. The van der Waals surface area contributed by atoms with Crippen molar-refractivity contribution in [3.8, 4) is 10.8 Å². The first-order chi connectivity index (χ1) is 22.0. The molecule has 46 heavy (non-hydrogen) atoms. The Morgan fingerprint density at radius 2 is 1.89 bits per heavy atom. The van der Waals surface area contributed by atoms with Crippen molar-refractivity contribution in [2.45, 2.75) is 89.7 Å². The Kier molecular flexibility index (Phi) is 8.92. The normalized spacial score (nSPS) is 19.6. The maximum absolute atomic E-state index is 14.8. The quantitative estimate of drug-likeness (QED) is 0.286. The van der Waals surface area contributed by atoms with Crippen molar-refractivity contribution in [1.29, 1.82) is 0 Å². The predicted molar refractivity (Wildman–Crippen MR) is 172 cm³/mol. The van der Waals surface area contributed by atoms with Gasteiger partial charge in [0.2, 0.25) is 5.91 Å². The molecule has 3 aromatic heterocycles. The minimum atomic E-state index is -1.49. The van der Waals surface area contributed by atoms with E-state index in [2.05, 4.69) is 5.10 Å². The second kappa shape index (κ2) is 12.8. The second-order valence-corrected chi connectivity index (χ2v) is 13.7. The summed E-state index contributed by atoms with van der Waals surface area (Å²) in [4.78, 5) is 45.0. The van der Waals surface area contributed by atoms with E-state index in [1.165, 1.54) is 41.2 Å². The van der Waals surface area contributed by atoms with Crippen LogP contribution >= 0.6 is 11.3 Å². The number of methoxy groups -OCH3 is 1. The number of aliphatic hydroxyl groups is 1. The first-order valence-corrected chi connectivity index (χ1v) is 16.6. The van der Waals surface area contributed by atoms with Crippen LogP contribution in [-0.4, -0.2) is 67.2 Å². The zero-order valence-electron chi connectivity index (χ0n) is 26.6. The molecule has 1 amide bonds. The molecule has 1 saturated heterocycles. The van der Waals surface area contributed by atoms with Gasteiger partial charge in [-0.15, -0.1) is 0 Å². The van der Waals surface area contributed by atoms with E-state index in [1.807, 2.05) is 6.92 Å². The molecule has 1 aliphatic heterocycles. The molecule has 11 nitrogen and oxygen atoms in total. The standard InChI is InChI=1S/C33H40FN5O6S/c1-20-27-28(41)39(33(2,3)31(42)36-15-5-6-16-36)32(43)37(30(27)46-29(20)38-17-7-14-35-38)19-26(45-23-11-9-22(40)10-12-23)24-18-21(34)8-13-25(24)44-4/h7-8,13-14,17-18,22-23,26,40H,5-6,9-12,15-16,19H2,1-4H3/t22?,23?,26-/m0/s1. The lowest BCUT2D eigenvalue weighted by Gasteiger charge is -2.32. The van der Waals surface area contributed by atoms with Gasteiger partial charge in [0.1, 0.15) is 33.0 Å². The highest BCUT2D eigenvalue weighted by atomic mass is 32.1. The molecule has 1 atom stereocenters. The second-order valence-electron chi connectivity index (χ2n) is 12.7. The highest BCUT2D eigenvalue weighted by Gasteiger charge is 2.39. The summed E-state index contributed by atoms with van der Waals surface area (Å²) in [6.45, 7) is 6.09. The van der Waals surface area contributed by atoms with Crippen LogP contribution in [0.25, 0.3) is 15.2 Å². The van der Waals surface area contributed by atoms with Crippen molar-refractivity contribution in [3.05, 3.63) is 74.4 Å². The average molecular weight is 654 g/mol. The van der Waals surface area contributed by atoms with E-state index < -0.39 is 34.8 Å². The van der Waals surface area contributed by atoms with Gasteiger partial charge in [0.05, 0.1) is 31.2 Å². The molecule has 2 fully saturated rings. The molecule has 0 bridgehead atoms. The Balaban J connectivity index is 1.56. The molecule has 1 N–H and O–H groups in total. The number of nitrogens with zero attached hydrogens (tertiary/aromatic N) is 5. The number of hydrogen-bond acceptors (Lipinski definition) is 8. The third-order valence-electron chi connectivity index (χ3n) is 9.26. The number of rotatable bonds is 9. The molecule has 246 valence electrons. The Labute approximate surface area is 269 Å². The number of carbonyl (C=O) groups is 1. The van der Waals surface area contributed by atoms with Crippen molar-refractivity contribution >= 4 is 27.5 Å². The van der Waals surface area contributed by atoms with E-state index in [4.69, 9.17) is 9.47 Å². The van der Waals surface area contributed by atoms with E-state index in [-0.39, 0.29) is 18.6 Å². The van der Waals surface area contributed by atoms with Gasteiger partial charge < -0.3 is 19.5 Å². The predicted octanol–water partition coefficient (Wildman–Crippen LogP) is 4.29. The molecular formula is C33H40FN5O6S. The lowest BCUT2D eigenvalue weighted by molar-refractivity contribution is -0.138. The van der Waals surface area contributed by atoms with Gasteiger partial charge >= 0.3 is 5.69 Å². The maximum Gasteiger partial charge on any atom is 0.333 e. The number of aliphatic hydroxyl groups excluding tert-OH is 1. The molecule has 0 spiro atoms. The summed E-state index contributed by atoms with van der Waals surface area (Å²) in [5.41, 5.74) is -1.65. The summed E-state index contributed by atoms with van der Waals surface area (Å²) < 4.78 is 31.2. The molecule has 4 aromatic rings. The summed E-state index contributed by atoms with van der Waals surface area (Å²) in [6.07, 6.45) is 5.94. The lowest BCUT2D eigenvalue weighted by Crippen LogP contribution is -2.56. The molecule has 4 heterocycles. The fraction of sp³-hybridized carbons (Fsp3) is 0.515. The van der Waals surface area contributed by atoms with Crippen LogP contribution < -0.4 is 16.0 Å². The first kappa shape index (κ1) is 32.1. The van der Waals surface area contributed by atoms with Crippen molar-refractivity contribution in [2.24, 2.45) is 0 Å². The van der Waals surface area contributed by atoms with Crippen LogP contribution in [0.15, 0.2) is 46.2 Å². The van der Waals surface area contributed by atoms with Gasteiger partial charge in [-0.05, 0) is 83.6 Å². The first-order valence-electron chi connectivity index (χ1n) is 15.8. The number of fused-ring (bicyclic) bond motifs is 1. The van der Waals surface area contributed by atoms with E-state index in [1.54, 1.807) is 41.9 Å². The number of halogens is 1. The fourth-order valence-corrected chi connectivity index (χ4v) is 8.00. The van der Waals surface area contributed by atoms with Gasteiger partial charge in [0, 0.05) is 36.6 Å². The molecule has 0 radical (unpaired) electrons. The Hall–Kier alpha value is -3.81. The number of aromatic nitrogens is 4. The molecule has 6 rings (SSSR count). The third kappa shape index (κ3) is 5.80. The van der Waals surface area contributed by atoms with Crippen LogP contribution in [0.5, 0.6) is 5.75 Å². The molecule has 2 aliphatic rings. The Morgan fingerprint density at radius 1 is 1.17 bits per heavy atom. The van der Waals surface area contributed by atoms with Gasteiger partial charge in [0.15, 0.2) is 0 Å². The highest BCUT2D eigenvalue weighted by Crippen LogP contribution is 2.36. The van der Waals surface area contributed by atoms with Crippen molar-refractivity contribution in [3.63, 3.8) is 0 Å². The number of amides is 1. The molecule has 1 saturated carbocycles. The number of benzene rings is 1. The number of thiophene rings is 1. The number of aryl methyl sites for hydroxylation is 1. The third-order valence-corrected chi connectivity index (χ3v) is 10.6. The zero-order chi connectivity index (χ0) is 32.7. The number of ether oxygens (including phenoxy) is 2. The fourth-order valence-electron chi connectivity index (χ4n) is 6.75. The number of carbonyl (C=O) groups excluding carboxylic acids is 1. The minimum absolute atomic E-state index is 0.0824. The topological polar surface area (TPSA) is 121 Å². The largest absolute Gasteiger partial charge is 0.496 e. The van der Waals surface area contributed by atoms with Crippen LogP contribution in [0.4, 0.5) is 4.39 Å². The summed E-state index contributed by atoms with van der Waals surface area (Å²) in [6, 6.07) is 5.93. The molecule has 0 unspecified atom stereocenters. The Morgan fingerprint density at radius 3 is 2.54 bits per heavy atom. The SMILES string of the molecule is COc1ccc(F)cc1[C@H](Cn1c(=O)n(C(C)(C)C(=O)N2CCCC2)c(=O)c2c(C)c(-n3cccn3)sc21)OC1CCC(O)CC1. The van der Waals surface area contributed by atoms with E-state index in [0.717, 1.165) is 17.4 Å². The van der Waals surface area contributed by atoms with Crippen molar-refractivity contribution < 1.29 is 23.8 Å². The smallest absolute Gasteiger partial charge is 0.333 e. The molecular weight excluding hydrogens is 613 g/mol. The zero-order valence-corrected chi connectivity index (χ0v) is 27.4. The van der Waals surface area contributed by atoms with E-state index in [0.29, 0.717) is 70.9 Å². The number of hydrogen-bond donors (Lipinski definition) is 1. The minimum Gasteiger partial charge on any atom is -0.496 e. The van der Waals surface area contributed by atoms with Gasteiger partial charge in [-0.25, -0.2) is 18.4 Å². The van der Waals surface area contributed by atoms with Crippen LogP contribution in [0, 0.1) is 12.7 Å². The highest BCUT2D eigenvalue weighted by molar-refractivity contribution is 7.21. The summed E-state index contributed by atoms with van der Waals surface area (Å²) in [5.74, 6) is -0.393. The van der Waals surface area contributed by atoms with Gasteiger partial charge in [-0.1, -0.05) is 11.3 Å². The average Bonchev–Trinajstić information content (AvgIpc) is 3.81. The lowest BCUT2D eigenvalue weighted by atomic mass is 9.94. The van der Waals surface area contributed by atoms with Gasteiger partial charge in [-0.2, -0.15) is 5.10 Å². The summed E-state index contributed by atoms with van der Waals surface area (Å²) in [5, 5.41) is 15.4. The monoisotopic (exact) mass is 653 g/mol. The van der Waals surface area contributed by atoms with Gasteiger partial charge in [-0.3, -0.25) is 14.2 Å². The van der Waals surface area contributed by atoms with Crippen LogP contribution in [0.3, 0.4) is 0 Å². The Bertz CT molecular complexity index is 1850. The van der Waals surface area contributed by atoms with Gasteiger partial charge in [0.25, 0.3) is 5.56 Å². The van der Waals surface area contributed by atoms with E-state index >= 15 is 0 Å². The maximum atomic E-state index is 14.8. The molecule has 1 aromatic carbocycles.